The Morgan fingerprint density at radius 2 is 1.92 bits per heavy atom. The molecule has 1 N–H and O–H groups in total. The predicted molar refractivity (Wildman–Crippen MR) is 53.6 cm³/mol. The number of hydrogen-bond donors (Lipinski definition) is 1. The van der Waals surface area contributed by atoms with Gasteiger partial charge in [-0.2, -0.15) is 0 Å². The van der Waals surface area contributed by atoms with Gasteiger partial charge in [0.25, 0.3) is 0 Å². The van der Waals surface area contributed by atoms with Crippen molar-refractivity contribution in [1.29, 1.82) is 0 Å². The van der Waals surface area contributed by atoms with Crippen molar-refractivity contribution < 1.29 is 9.90 Å². The van der Waals surface area contributed by atoms with Crippen LogP contribution in [-0.2, 0) is 4.79 Å². The Bertz CT molecular complexity index is 157. The van der Waals surface area contributed by atoms with Gasteiger partial charge in [0.05, 0.1) is 0 Å². The monoisotopic (exact) mass is 207 g/mol. The molecule has 0 unspecified atom stereocenters. The maximum Gasteiger partial charge on any atom is 0.320 e. The third-order valence-corrected chi connectivity index (χ3v) is 4.06. The van der Waals surface area contributed by atoms with Crippen LogP contribution in [0.5, 0.6) is 0 Å². The lowest BCUT2D eigenvalue weighted by molar-refractivity contribution is -0.141. The first-order valence-corrected chi connectivity index (χ1v) is 6.15. The van der Waals surface area contributed by atoms with E-state index in [2.05, 4.69) is 0 Å². The average molecular weight is 207 g/mol. The SMILES string of the molecule is C[C@H](C(=O)O)N1CSCCSC1. The molecule has 1 aliphatic rings. The normalized spacial score (nSPS) is 23.1. The predicted octanol–water partition coefficient (Wildman–Crippen LogP) is 1.16. The summed E-state index contributed by atoms with van der Waals surface area (Å²) in [6, 6.07) is -0.344. The second-order valence-electron chi connectivity index (χ2n) is 2.68. The molecule has 0 aromatic heterocycles. The molecule has 0 saturated carbocycles. The van der Waals surface area contributed by atoms with Gasteiger partial charge in [-0.3, -0.25) is 9.69 Å². The number of thioether (sulfide) groups is 2. The second kappa shape index (κ2) is 4.99. The smallest absolute Gasteiger partial charge is 0.320 e. The zero-order valence-electron chi connectivity index (χ0n) is 7.02. The van der Waals surface area contributed by atoms with E-state index in [1.54, 1.807) is 6.92 Å². The average Bonchev–Trinajstić information content (AvgIpc) is 2.30. The molecule has 1 saturated heterocycles. The van der Waals surface area contributed by atoms with E-state index in [0.717, 1.165) is 23.3 Å². The van der Waals surface area contributed by atoms with Gasteiger partial charge < -0.3 is 5.11 Å². The van der Waals surface area contributed by atoms with Crippen LogP contribution >= 0.6 is 23.5 Å². The van der Waals surface area contributed by atoms with E-state index in [1.165, 1.54) is 0 Å². The molecule has 0 radical (unpaired) electrons. The van der Waals surface area contributed by atoms with Crippen molar-refractivity contribution >= 4 is 29.5 Å². The highest BCUT2D eigenvalue weighted by Gasteiger charge is 2.21. The third-order valence-electron chi connectivity index (χ3n) is 1.79. The second-order valence-corrected chi connectivity index (χ2v) is 4.83. The lowest BCUT2D eigenvalue weighted by Crippen LogP contribution is -2.37. The van der Waals surface area contributed by atoms with Crippen LogP contribution in [0.2, 0.25) is 0 Å². The van der Waals surface area contributed by atoms with Gasteiger partial charge in [0, 0.05) is 23.3 Å². The molecule has 0 amide bonds. The summed E-state index contributed by atoms with van der Waals surface area (Å²) >= 11 is 3.62. The van der Waals surface area contributed by atoms with Crippen LogP contribution in [0.3, 0.4) is 0 Å². The first kappa shape index (κ1) is 10.2. The molecule has 70 valence electrons. The summed E-state index contributed by atoms with van der Waals surface area (Å²) in [5, 5.41) is 8.77. The number of carboxylic acid groups (broad SMARTS) is 1. The number of nitrogens with zero attached hydrogens (tertiary/aromatic N) is 1. The number of hydrogen-bond acceptors (Lipinski definition) is 4. The first-order valence-electron chi connectivity index (χ1n) is 3.84. The summed E-state index contributed by atoms with van der Waals surface area (Å²) in [4.78, 5) is 12.6. The van der Waals surface area contributed by atoms with Crippen molar-refractivity contribution in [3.63, 3.8) is 0 Å². The highest BCUT2D eigenvalue weighted by atomic mass is 32.2. The van der Waals surface area contributed by atoms with Crippen LogP contribution in [0, 0.1) is 0 Å². The number of rotatable bonds is 2. The summed E-state index contributed by atoms with van der Waals surface area (Å²) in [6.07, 6.45) is 0. The van der Waals surface area contributed by atoms with Crippen LogP contribution in [0.15, 0.2) is 0 Å². The molecule has 1 rings (SSSR count). The summed E-state index contributed by atoms with van der Waals surface area (Å²) in [7, 11) is 0. The third kappa shape index (κ3) is 2.88. The van der Waals surface area contributed by atoms with Crippen LogP contribution in [0.1, 0.15) is 6.92 Å². The van der Waals surface area contributed by atoms with Gasteiger partial charge >= 0.3 is 5.97 Å². The fourth-order valence-corrected chi connectivity index (χ4v) is 3.31. The van der Waals surface area contributed by atoms with E-state index in [-0.39, 0.29) is 6.04 Å². The van der Waals surface area contributed by atoms with Gasteiger partial charge in [-0.1, -0.05) is 0 Å². The molecule has 1 heterocycles. The van der Waals surface area contributed by atoms with E-state index >= 15 is 0 Å². The molecule has 0 aromatic carbocycles. The molecule has 12 heavy (non-hydrogen) atoms. The Morgan fingerprint density at radius 1 is 1.42 bits per heavy atom. The van der Waals surface area contributed by atoms with Gasteiger partial charge in [-0.15, -0.1) is 23.5 Å². The van der Waals surface area contributed by atoms with Crippen molar-refractivity contribution in [2.24, 2.45) is 0 Å². The summed E-state index contributed by atoms with van der Waals surface area (Å²) in [5.74, 6) is 3.24. The Balaban J connectivity index is 2.42. The summed E-state index contributed by atoms with van der Waals surface area (Å²) in [5.41, 5.74) is 0. The van der Waals surface area contributed by atoms with Crippen LogP contribution in [0.4, 0.5) is 0 Å². The van der Waals surface area contributed by atoms with Crippen molar-refractivity contribution in [3.8, 4) is 0 Å². The zero-order chi connectivity index (χ0) is 8.97. The van der Waals surface area contributed by atoms with Crippen molar-refractivity contribution in [1.82, 2.24) is 4.90 Å². The van der Waals surface area contributed by atoms with Gasteiger partial charge in [0.15, 0.2) is 0 Å². The number of carbonyl (C=O) groups is 1. The number of aliphatic carboxylic acids is 1. The maximum atomic E-state index is 10.7. The number of carboxylic acids is 1. The molecular formula is C7H13NO2S2. The molecule has 1 atom stereocenters. The van der Waals surface area contributed by atoms with Gasteiger partial charge in [-0.05, 0) is 6.92 Å². The van der Waals surface area contributed by atoms with Crippen molar-refractivity contribution in [2.75, 3.05) is 23.3 Å². The van der Waals surface area contributed by atoms with Gasteiger partial charge in [0.1, 0.15) is 6.04 Å². The molecule has 1 fully saturated rings. The molecule has 3 nitrogen and oxygen atoms in total. The van der Waals surface area contributed by atoms with Crippen LogP contribution in [-0.4, -0.2) is 45.3 Å². The van der Waals surface area contributed by atoms with Crippen LogP contribution < -0.4 is 0 Å². The molecule has 0 aromatic rings. The van der Waals surface area contributed by atoms with Crippen molar-refractivity contribution in [2.45, 2.75) is 13.0 Å². The molecule has 0 aliphatic carbocycles. The fraction of sp³-hybridized carbons (Fsp3) is 0.857. The molecule has 5 heteroatoms. The fourth-order valence-electron chi connectivity index (χ4n) is 0.899. The standard InChI is InChI=1S/C7H13NO2S2/c1-6(7(9)10)8-4-11-2-3-12-5-8/h6H,2-5H2,1H3,(H,9,10)/t6-/m1/s1. The van der Waals surface area contributed by atoms with E-state index < -0.39 is 5.97 Å². The van der Waals surface area contributed by atoms with Gasteiger partial charge in [-0.25, -0.2) is 0 Å². The Hall–Kier alpha value is 0.130. The molecule has 0 spiro atoms. The Morgan fingerprint density at radius 3 is 2.33 bits per heavy atom. The lowest BCUT2D eigenvalue weighted by atomic mass is 10.3. The zero-order valence-corrected chi connectivity index (χ0v) is 8.66. The Kier molecular flexibility index (Phi) is 4.25. The highest BCUT2D eigenvalue weighted by Crippen LogP contribution is 2.18. The quantitative estimate of drug-likeness (QED) is 0.735. The first-order chi connectivity index (χ1) is 5.72. The summed E-state index contributed by atoms with van der Waals surface area (Å²) < 4.78 is 0. The van der Waals surface area contributed by atoms with E-state index in [9.17, 15) is 4.79 Å². The highest BCUT2D eigenvalue weighted by molar-refractivity contribution is 8.03. The van der Waals surface area contributed by atoms with Gasteiger partial charge in [0.2, 0.25) is 0 Å². The minimum atomic E-state index is -0.724. The van der Waals surface area contributed by atoms with Crippen LogP contribution in [0.25, 0.3) is 0 Å². The minimum Gasteiger partial charge on any atom is -0.480 e. The maximum absolute atomic E-state index is 10.7. The summed E-state index contributed by atoms with van der Waals surface area (Å²) in [6.45, 7) is 1.74. The lowest BCUT2D eigenvalue weighted by Gasteiger charge is -2.22. The van der Waals surface area contributed by atoms with E-state index in [1.807, 2.05) is 28.4 Å². The topological polar surface area (TPSA) is 40.5 Å². The molecular weight excluding hydrogens is 194 g/mol. The Labute approximate surface area is 80.9 Å². The molecule has 0 bridgehead atoms. The minimum absolute atomic E-state index is 0.344. The van der Waals surface area contributed by atoms with E-state index in [0.29, 0.717) is 0 Å². The molecule has 1 aliphatic heterocycles. The van der Waals surface area contributed by atoms with Crippen molar-refractivity contribution in [3.05, 3.63) is 0 Å². The largest absolute Gasteiger partial charge is 0.480 e. The van der Waals surface area contributed by atoms with E-state index in [4.69, 9.17) is 5.11 Å².